The summed E-state index contributed by atoms with van der Waals surface area (Å²) in [6.45, 7) is 4.13. The molecule has 0 atom stereocenters. The molecule has 78 valence electrons. The lowest BCUT2D eigenvalue weighted by atomic mass is 10.0. The maximum Gasteiger partial charge on any atom is 0.103 e. The van der Waals surface area contributed by atoms with E-state index in [0.717, 1.165) is 0 Å². The number of alkyl halides is 4. The van der Waals surface area contributed by atoms with Gasteiger partial charge in [0, 0.05) is 0 Å². The van der Waals surface area contributed by atoms with E-state index in [1.807, 2.05) is 12.1 Å². The van der Waals surface area contributed by atoms with Crippen LogP contribution in [-0.2, 0) is 6.47 Å². The molecule has 4 heteroatoms. The van der Waals surface area contributed by atoms with Gasteiger partial charge in [0.05, 0.1) is 0 Å². The molecule has 14 heavy (non-hydrogen) atoms. The monoisotopic (exact) mass is 446 g/mol. The molecule has 0 amide bonds. The van der Waals surface area contributed by atoms with E-state index in [9.17, 15) is 0 Å². The number of hydrogen-bond donors (Lipinski definition) is 0. The molecule has 0 unspecified atom stereocenters. The van der Waals surface area contributed by atoms with Crippen molar-refractivity contribution < 1.29 is 0 Å². The van der Waals surface area contributed by atoms with E-state index in [4.69, 9.17) is 0 Å². The van der Waals surface area contributed by atoms with Gasteiger partial charge >= 0.3 is 0 Å². The van der Waals surface area contributed by atoms with E-state index in [1.165, 1.54) is 11.1 Å². The Morgan fingerprint density at radius 2 is 1.07 bits per heavy atom. The van der Waals surface area contributed by atoms with Gasteiger partial charge in [0.2, 0.25) is 0 Å². The zero-order chi connectivity index (χ0) is 11.0. The Morgan fingerprint density at radius 3 is 1.29 bits per heavy atom. The van der Waals surface area contributed by atoms with E-state index in [0.29, 0.717) is 0 Å². The maximum atomic E-state index is 3.60. The minimum Gasteiger partial charge on any atom is -0.0677 e. The Hall–Kier alpha value is 1.14. The number of rotatable bonds is 2. The van der Waals surface area contributed by atoms with Crippen LogP contribution < -0.4 is 0 Å². The van der Waals surface area contributed by atoms with Gasteiger partial charge in [0.25, 0.3) is 0 Å². The smallest absolute Gasteiger partial charge is 0.0677 e. The van der Waals surface area contributed by atoms with Crippen molar-refractivity contribution in [3.05, 3.63) is 35.4 Å². The van der Waals surface area contributed by atoms with E-state index >= 15 is 0 Å². The molecular formula is C10H10Br4. The van der Waals surface area contributed by atoms with Crippen molar-refractivity contribution >= 4 is 63.7 Å². The molecule has 0 spiro atoms. The molecule has 1 aromatic carbocycles. The average molecular weight is 450 g/mol. The van der Waals surface area contributed by atoms with E-state index in [1.54, 1.807) is 0 Å². The summed E-state index contributed by atoms with van der Waals surface area (Å²) >= 11 is 14.4. The molecule has 0 N–H and O–H groups in total. The minimum absolute atomic E-state index is 0.195. The highest BCUT2D eigenvalue weighted by molar-refractivity contribution is 9.25. The molecule has 0 saturated heterocycles. The molecule has 0 radical (unpaired) electrons. The van der Waals surface area contributed by atoms with Gasteiger partial charge in [-0.05, 0) is 25.0 Å². The third-order valence-electron chi connectivity index (χ3n) is 1.87. The van der Waals surface area contributed by atoms with Crippen molar-refractivity contribution in [3.63, 3.8) is 0 Å². The predicted octanol–water partition coefficient (Wildman–Crippen LogP) is 5.61. The Kier molecular flexibility index (Phi) is 4.30. The normalized spacial score (nSPS) is 13.0. The van der Waals surface area contributed by atoms with E-state index in [-0.39, 0.29) is 6.47 Å². The standard InChI is InChI=1S/C10H10Br4/c1-9(11,12)7-5-3-4-6-8(7)10(2,13)14/h3-6H,1-2H3. The van der Waals surface area contributed by atoms with Crippen molar-refractivity contribution in [2.24, 2.45) is 0 Å². The quantitative estimate of drug-likeness (QED) is 0.515. The molecule has 0 heterocycles. The summed E-state index contributed by atoms with van der Waals surface area (Å²) in [6.07, 6.45) is 0. The Labute approximate surface area is 118 Å². The summed E-state index contributed by atoms with van der Waals surface area (Å²) in [7, 11) is 0. The van der Waals surface area contributed by atoms with Crippen LogP contribution in [0.1, 0.15) is 25.0 Å². The zero-order valence-corrected chi connectivity index (χ0v) is 14.2. The van der Waals surface area contributed by atoms with Crippen LogP contribution in [0, 0.1) is 0 Å². The fourth-order valence-corrected chi connectivity index (χ4v) is 2.63. The maximum absolute atomic E-state index is 3.60. The van der Waals surface area contributed by atoms with Crippen LogP contribution in [0.25, 0.3) is 0 Å². The number of benzene rings is 1. The SMILES string of the molecule is CC(Br)(Br)c1ccccc1C(C)(Br)Br. The first-order chi connectivity index (χ1) is 6.23. The van der Waals surface area contributed by atoms with Crippen molar-refractivity contribution in [2.75, 3.05) is 0 Å². The van der Waals surface area contributed by atoms with Gasteiger partial charge in [-0.3, -0.25) is 0 Å². The third-order valence-corrected chi connectivity index (χ3v) is 3.58. The van der Waals surface area contributed by atoms with Crippen LogP contribution in [0.4, 0.5) is 0 Å². The summed E-state index contributed by atoms with van der Waals surface area (Å²) in [5, 5.41) is 0. The summed E-state index contributed by atoms with van der Waals surface area (Å²) in [6, 6.07) is 8.26. The molecule has 0 aliphatic rings. The summed E-state index contributed by atoms with van der Waals surface area (Å²) in [5.74, 6) is 0. The second kappa shape index (κ2) is 4.56. The zero-order valence-electron chi connectivity index (χ0n) is 7.82. The first-order valence-electron chi connectivity index (χ1n) is 4.08. The van der Waals surface area contributed by atoms with Gasteiger partial charge < -0.3 is 0 Å². The molecule has 0 aromatic heterocycles. The van der Waals surface area contributed by atoms with Crippen LogP contribution in [0.2, 0.25) is 0 Å². The molecular weight excluding hydrogens is 440 g/mol. The predicted molar refractivity (Wildman–Crippen MR) is 76.9 cm³/mol. The molecule has 1 rings (SSSR count). The number of hydrogen-bond acceptors (Lipinski definition) is 0. The molecule has 0 saturated carbocycles. The van der Waals surface area contributed by atoms with Gasteiger partial charge in [-0.2, -0.15) is 0 Å². The van der Waals surface area contributed by atoms with Crippen LogP contribution in [0.15, 0.2) is 24.3 Å². The van der Waals surface area contributed by atoms with Gasteiger partial charge in [0.1, 0.15) is 6.47 Å². The van der Waals surface area contributed by atoms with Crippen molar-refractivity contribution in [1.29, 1.82) is 0 Å². The van der Waals surface area contributed by atoms with Gasteiger partial charge in [0.15, 0.2) is 0 Å². The second-order valence-corrected chi connectivity index (χ2v) is 11.8. The lowest BCUT2D eigenvalue weighted by molar-refractivity contribution is 0.961. The largest absolute Gasteiger partial charge is 0.103 e. The van der Waals surface area contributed by atoms with Crippen LogP contribution in [0.5, 0.6) is 0 Å². The highest BCUT2D eigenvalue weighted by Crippen LogP contribution is 2.46. The van der Waals surface area contributed by atoms with Gasteiger partial charge in [-0.15, -0.1) is 0 Å². The lowest BCUT2D eigenvalue weighted by Gasteiger charge is -2.24. The highest BCUT2D eigenvalue weighted by atomic mass is 79.9. The van der Waals surface area contributed by atoms with Gasteiger partial charge in [-0.25, -0.2) is 0 Å². The fraction of sp³-hybridized carbons (Fsp3) is 0.400. The summed E-state index contributed by atoms with van der Waals surface area (Å²) in [5.41, 5.74) is 2.41. The van der Waals surface area contributed by atoms with Crippen molar-refractivity contribution in [2.45, 2.75) is 20.3 Å². The highest BCUT2D eigenvalue weighted by Gasteiger charge is 2.29. The summed E-state index contributed by atoms with van der Waals surface area (Å²) < 4.78 is -0.390. The number of halogens is 4. The molecule has 1 aromatic rings. The molecule has 0 aliphatic carbocycles. The first-order valence-corrected chi connectivity index (χ1v) is 7.26. The lowest BCUT2D eigenvalue weighted by Crippen LogP contribution is -2.13. The Morgan fingerprint density at radius 1 is 0.786 bits per heavy atom. The van der Waals surface area contributed by atoms with E-state index in [2.05, 4.69) is 89.7 Å². The Bertz CT molecular complexity index is 287. The van der Waals surface area contributed by atoms with Crippen molar-refractivity contribution in [3.8, 4) is 0 Å². The third kappa shape index (κ3) is 3.32. The molecule has 0 fully saturated rings. The van der Waals surface area contributed by atoms with Crippen molar-refractivity contribution in [1.82, 2.24) is 0 Å². The fourth-order valence-electron chi connectivity index (χ4n) is 1.25. The van der Waals surface area contributed by atoms with Crippen LogP contribution in [-0.4, -0.2) is 0 Å². The molecule has 0 aliphatic heterocycles. The minimum atomic E-state index is -0.195. The van der Waals surface area contributed by atoms with E-state index < -0.39 is 0 Å². The van der Waals surface area contributed by atoms with Crippen LogP contribution >= 0.6 is 63.7 Å². The second-order valence-electron chi connectivity index (χ2n) is 3.32. The van der Waals surface area contributed by atoms with Crippen LogP contribution in [0.3, 0.4) is 0 Å². The first kappa shape index (κ1) is 13.2. The van der Waals surface area contributed by atoms with Gasteiger partial charge in [-0.1, -0.05) is 88.0 Å². The topological polar surface area (TPSA) is 0 Å². The molecule has 0 nitrogen and oxygen atoms in total. The Balaban J connectivity index is 3.31. The molecule has 0 bridgehead atoms. The average Bonchev–Trinajstić information content (AvgIpc) is 2.01. The summed E-state index contributed by atoms with van der Waals surface area (Å²) in [4.78, 5) is 0.